The van der Waals surface area contributed by atoms with Gasteiger partial charge in [-0.2, -0.15) is 0 Å². The van der Waals surface area contributed by atoms with Crippen LogP contribution in [-0.4, -0.2) is 41.6 Å². The average molecular weight is 397 g/mol. The minimum Gasteiger partial charge on any atom is -0.475 e. The number of para-hydroxylation sites is 2. The molecule has 1 atom stereocenters. The van der Waals surface area contributed by atoms with Crippen LogP contribution in [0.4, 0.5) is 5.82 Å². The zero-order chi connectivity index (χ0) is 20.1. The minimum absolute atomic E-state index is 0.00486. The van der Waals surface area contributed by atoms with Gasteiger partial charge in [-0.15, -0.1) is 0 Å². The van der Waals surface area contributed by atoms with Gasteiger partial charge in [0.25, 0.3) is 5.88 Å². The molecule has 1 amide bonds. The number of rotatable bonds is 5. The molecule has 1 saturated carbocycles. The van der Waals surface area contributed by atoms with E-state index in [1.165, 1.54) is 25.7 Å². The lowest BCUT2D eigenvalue weighted by molar-refractivity contribution is -0.126. The summed E-state index contributed by atoms with van der Waals surface area (Å²) in [5.41, 5.74) is 1.69. The Morgan fingerprint density at radius 1 is 1.07 bits per heavy atom. The molecule has 1 saturated heterocycles. The number of hydrogen-bond acceptors (Lipinski definition) is 5. The number of carbonyl (C=O) groups excluding carboxylic acids is 1. The van der Waals surface area contributed by atoms with Crippen molar-refractivity contribution in [3.8, 4) is 5.88 Å². The predicted molar refractivity (Wildman–Crippen MR) is 115 cm³/mol. The first kappa shape index (κ1) is 19.9. The highest BCUT2D eigenvalue weighted by Gasteiger charge is 2.30. The lowest BCUT2D eigenvalue weighted by Crippen LogP contribution is -2.46. The van der Waals surface area contributed by atoms with E-state index >= 15 is 0 Å². The first-order valence-electron chi connectivity index (χ1n) is 11.2. The fourth-order valence-corrected chi connectivity index (χ4v) is 4.54. The molecule has 1 unspecified atom stereocenters. The van der Waals surface area contributed by atoms with Gasteiger partial charge in [-0.1, -0.05) is 37.8 Å². The molecule has 0 spiro atoms. The molecule has 1 aromatic heterocycles. The van der Waals surface area contributed by atoms with Crippen LogP contribution in [0.15, 0.2) is 24.3 Å². The van der Waals surface area contributed by atoms with Crippen LogP contribution < -0.4 is 15.0 Å². The highest BCUT2D eigenvalue weighted by atomic mass is 16.5. The summed E-state index contributed by atoms with van der Waals surface area (Å²) in [6.45, 7) is 4.05. The molecule has 29 heavy (non-hydrogen) atoms. The average Bonchev–Trinajstić information content (AvgIpc) is 3.02. The normalized spacial score (nSPS) is 21.0. The zero-order valence-electron chi connectivity index (χ0n) is 17.4. The third kappa shape index (κ3) is 4.80. The quantitative estimate of drug-likeness (QED) is 0.771. The summed E-state index contributed by atoms with van der Waals surface area (Å²) < 4.78 is 5.81. The van der Waals surface area contributed by atoms with Crippen molar-refractivity contribution in [1.29, 1.82) is 0 Å². The van der Waals surface area contributed by atoms with Gasteiger partial charge in [0.15, 0.2) is 5.82 Å². The van der Waals surface area contributed by atoms with Crippen LogP contribution in [0.25, 0.3) is 11.0 Å². The molecule has 156 valence electrons. The van der Waals surface area contributed by atoms with Gasteiger partial charge < -0.3 is 15.0 Å². The molecule has 2 aliphatic rings. The Morgan fingerprint density at radius 3 is 2.52 bits per heavy atom. The summed E-state index contributed by atoms with van der Waals surface area (Å²) in [4.78, 5) is 24.7. The molecular formula is C23H32N4O2. The van der Waals surface area contributed by atoms with E-state index in [2.05, 4.69) is 15.2 Å². The predicted octanol–water partition coefficient (Wildman–Crippen LogP) is 4.08. The lowest BCUT2D eigenvalue weighted by atomic mass is 9.96. The van der Waals surface area contributed by atoms with Crippen LogP contribution in [0.5, 0.6) is 5.88 Å². The van der Waals surface area contributed by atoms with E-state index in [9.17, 15) is 4.79 Å². The van der Waals surface area contributed by atoms with Crippen molar-refractivity contribution < 1.29 is 9.53 Å². The Hall–Kier alpha value is -2.37. The van der Waals surface area contributed by atoms with Crippen molar-refractivity contribution in [3.63, 3.8) is 0 Å². The summed E-state index contributed by atoms with van der Waals surface area (Å²) in [5.74, 6) is 1.52. The van der Waals surface area contributed by atoms with Crippen LogP contribution in [0.1, 0.15) is 58.3 Å². The minimum atomic E-state index is -0.00486. The molecule has 6 heteroatoms. The van der Waals surface area contributed by atoms with E-state index < -0.39 is 0 Å². The molecule has 0 bridgehead atoms. The van der Waals surface area contributed by atoms with E-state index in [-0.39, 0.29) is 11.8 Å². The molecule has 1 N–H and O–H groups in total. The number of ether oxygens (including phenoxy) is 1. The number of carbonyl (C=O) groups is 1. The van der Waals surface area contributed by atoms with Crippen molar-refractivity contribution in [2.75, 3.05) is 24.6 Å². The van der Waals surface area contributed by atoms with Crippen molar-refractivity contribution in [2.45, 2.75) is 64.3 Å². The number of nitrogens with zero attached hydrogens (tertiary/aromatic N) is 3. The summed E-state index contributed by atoms with van der Waals surface area (Å²) in [5, 5.41) is 3.34. The molecule has 2 heterocycles. The largest absolute Gasteiger partial charge is 0.475 e. The monoisotopic (exact) mass is 396 g/mol. The zero-order valence-corrected chi connectivity index (χ0v) is 17.4. The molecule has 2 aromatic rings. The van der Waals surface area contributed by atoms with Crippen LogP contribution in [0.3, 0.4) is 0 Å². The third-order valence-electron chi connectivity index (χ3n) is 6.10. The second-order valence-electron chi connectivity index (χ2n) is 8.26. The number of fused-ring (bicyclic) bond motifs is 1. The van der Waals surface area contributed by atoms with Crippen LogP contribution >= 0.6 is 0 Å². The Balaban J connectivity index is 1.50. The lowest BCUT2D eigenvalue weighted by Gasteiger charge is -2.34. The Bertz CT molecular complexity index is 833. The number of aromatic nitrogens is 2. The van der Waals surface area contributed by atoms with E-state index in [0.717, 1.165) is 49.1 Å². The van der Waals surface area contributed by atoms with Gasteiger partial charge >= 0.3 is 0 Å². The second-order valence-corrected chi connectivity index (χ2v) is 8.26. The van der Waals surface area contributed by atoms with E-state index in [1.54, 1.807) is 0 Å². The molecule has 1 aliphatic carbocycles. The maximum Gasteiger partial charge on any atom is 0.258 e. The Kier molecular flexibility index (Phi) is 6.47. The topological polar surface area (TPSA) is 67.4 Å². The number of nitrogens with one attached hydrogen (secondary N) is 1. The van der Waals surface area contributed by atoms with E-state index in [0.29, 0.717) is 25.1 Å². The van der Waals surface area contributed by atoms with Crippen LogP contribution in [-0.2, 0) is 4.79 Å². The first-order chi connectivity index (χ1) is 14.2. The van der Waals surface area contributed by atoms with Gasteiger partial charge in [0.1, 0.15) is 0 Å². The fraction of sp³-hybridized carbons (Fsp3) is 0.609. The summed E-state index contributed by atoms with van der Waals surface area (Å²) in [7, 11) is 0. The maximum atomic E-state index is 13.0. The third-order valence-corrected chi connectivity index (χ3v) is 6.10. The highest BCUT2D eigenvalue weighted by Crippen LogP contribution is 2.31. The van der Waals surface area contributed by atoms with Crippen molar-refractivity contribution in [2.24, 2.45) is 5.92 Å². The van der Waals surface area contributed by atoms with Crippen LogP contribution in [0.2, 0.25) is 0 Å². The number of anilines is 1. The first-order valence-corrected chi connectivity index (χ1v) is 11.2. The second kappa shape index (κ2) is 9.42. The molecule has 1 aromatic carbocycles. The molecule has 0 radical (unpaired) electrons. The molecule has 6 nitrogen and oxygen atoms in total. The molecule has 4 rings (SSSR count). The van der Waals surface area contributed by atoms with Crippen LogP contribution in [0, 0.1) is 5.92 Å². The van der Waals surface area contributed by atoms with Crippen molar-refractivity contribution in [1.82, 2.24) is 15.3 Å². The smallest absolute Gasteiger partial charge is 0.258 e. The number of benzene rings is 1. The summed E-state index contributed by atoms with van der Waals surface area (Å²) in [6, 6.07) is 8.21. The molecule has 2 fully saturated rings. The van der Waals surface area contributed by atoms with Gasteiger partial charge in [0.05, 0.1) is 23.6 Å². The number of amides is 1. The van der Waals surface area contributed by atoms with Crippen molar-refractivity contribution in [3.05, 3.63) is 24.3 Å². The Morgan fingerprint density at radius 2 is 1.79 bits per heavy atom. The van der Waals surface area contributed by atoms with E-state index in [1.807, 2.05) is 31.2 Å². The van der Waals surface area contributed by atoms with E-state index in [4.69, 9.17) is 9.72 Å². The van der Waals surface area contributed by atoms with Gasteiger partial charge in [0.2, 0.25) is 5.91 Å². The maximum absolute atomic E-state index is 13.0. The van der Waals surface area contributed by atoms with Gasteiger partial charge in [-0.25, -0.2) is 9.97 Å². The number of piperidine rings is 1. The van der Waals surface area contributed by atoms with Gasteiger partial charge in [0, 0.05) is 19.1 Å². The summed E-state index contributed by atoms with van der Waals surface area (Å²) >= 11 is 0. The highest BCUT2D eigenvalue weighted by molar-refractivity contribution is 5.81. The SMILES string of the molecule is CCOc1nc2ccccc2nc1N1CCCC(C(=O)NC2CCCCCC2)C1. The Labute approximate surface area is 173 Å². The van der Waals surface area contributed by atoms with Gasteiger partial charge in [-0.05, 0) is 44.7 Å². The van der Waals surface area contributed by atoms with Gasteiger partial charge in [-0.3, -0.25) is 4.79 Å². The molecule has 1 aliphatic heterocycles. The molecular weight excluding hydrogens is 364 g/mol. The summed E-state index contributed by atoms with van der Waals surface area (Å²) in [6.07, 6.45) is 9.19. The fourth-order valence-electron chi connectivity index (χ4n) is 4.54. The number of hydrogen-bond donors (Lipinski definition) is 1. The van der Waals surface area contributed by atoms with Crippen molar-refractivity contribution >= 4 is 22.8 Å². The standard InChI is InChI=1S/C23H32N4O2/c1-2-29-23-21(25-19-13-7-8-14-20(19)26-23)27-15-9-10-17(16-27)22(28)24-18-11-5-3-4-6-12-18/h7-8,13-14,17-18H,2-6,9-12,15-16H2,1H3,(H,24,28).